The van der Waals surface area contributed by atoms with Gasteiger partial charge >= 0.3 is 6.03 Å². The van der Waals surface area contributed by atoms with Gasteiger partial charge < -0.3 is 10.6 Å². The monoisotopic (exact) mass is 328 g/mol. The van der Waals surface area contributed by atoms with Crippen LogP contribution in [0.1, 0.15) is 12.6 Å². The highest BCUT2D eigenvalue weighted by molar-refractivity contribution is 6.31. The quantitative estimate of drug-likeness (QED) is 0.759. The van der Waals surface area contributed by atoms with Gasteiger partial charge in [0.15, 0.2) is 0 Å². The maximum absolute atomic E-state index is 12.2. The van der Waals surface area contributed by atoms with E-state index in [1.165, 1.54) is 0 Å². The lowest BCUT2D eigenvalue weighted by molar-refractivity contribution is 0.251. The zero-order chi connectivity index (χ0) is 16.2. The molecule has 0 aliphatic heterocycles. The molecule has 2 aromatic carbocycles. The molecule has 1 aromatic heterocycles. The van der Waals surface area contributed by atoms with Gasteiger partial charge in [0.2, 0.25) is 0 Å². The second-order valence-electron chi connectivity index (χ2n) is 5.09. The van der Waals surface area contributed by atoms with Crippen molar-refractivity contribution in [1.29, 1.82) is 0 Å². The van der Waals surface area contributed by atoms with E-state index in [2.05, 4.69) is 15.7 Å². The molecule has 0 saturated carbocycles. The maximum atomic E-state index is 12.2. The van der Waals surface area contributed by atoms with E-state index in [1.54, 1.807) is 10.9 Å². The fraction of sp³-hybridized carbons (Fsp3) is 0.176. The minimum absolute atomic E-state index is 0.277. The Morgan fingerprint density at radius 1 is 1.22 bits per heavy atom. The summed E-state index contributed by atoms with van der Waals surface area (Å²) >= 11 is 6.09. The number of halogens is 1. The van der Waals surface area contributed by atoms with Crippen LogP contribution in [-0.2, 0) is 13.1 Å². The molecule has 2 amide bonds. The molecule has 3 rings (SSSR count). The van der Waals surface area contributed by atoms with Crippen molar-refractivity contribution in [2.45, 2.75) is 20.0 Å². The van der Waals surface area contributed by atoms with Gasteiger partial charge in [-0.15, -0.1) is 0 Å². The molecule has 0 fully saturated rings. The van der Waals surface area contributed by atoms with Crippen LogP contribution in [0, 0.1) is 0 Å². The van der Waals surface area contributed by atoms with Crippen molar-refractivity contribution in [3.63, 3.8) is 0 Å². The summed E-state index contributed by atoms with van der Waals surface area (Å²) in [5.41, 5.74) is 1.57. The van der Waals surface area contributed by atoms with Gasteiger partial charge in [-0.3, -0.25) is 4.68 Å². The Balaban J connectivity index is 1.71. The lowest BCUT2D eigenvalue weighted by atomic mass is 10.1. The van der Waals surface area contributed by atoms with Crippen LogP contribution in [0.2, 0.25) is 5.02 Å². The standard InChI is InChI=1S/C17H17ClN4O/c1-2-22-16(14(18)10-20-22)11-19-17(23)21-15-9-5-7-12-6-3-4-8-13(12)15/h3-10H,2,11H2,1H3,(H2,19,21,23). The normalized spacial score (nSPS) is 10.7. The molecule has 0 aliphatic carbocycles. The number of hydrogen-bond donors (Lipinski definition) is 2. The van der Waals surface area contributed by atoms with Crippen molar-refractivity contribution >= 4 is 34.1 Å². The topological polar surface area (TPSA) is 59.0 Å². The largest absolute Gasteiger partial charge is 0.332 e. The van der Waals surface area contributed by atoms with E-state index in [0.717, 1.165) is 22.2 Å². The van der Waals surface area contributed by atoms with E-state index in [0.29, 0.717) is 18.1 Å². The third kappa shape index (κ3) is 3.29. The van der Waals surface area contributed by atoms with E-state index in [4.69, 9.17) is 11.6 Å². The van der Waals surface area contributed by atoms with Crippen molar-refractivity contribution in [1.82, 2.24) is 15.1 Å². The molecular formula is C17H17ClN4O. The van der Waals surface area contributed by atoms with Crippen LogP contribution in [0.15, 0.2) is 48.7 Å². The fourth-order valence-electron chi connectivity index (χ4n) is 2.50. The van der Waals surface area contributed by atoms with Gasteiger partial charge in [-0.05, 0) is 18.4 Å². The number of rotatable bonds is 4. The van der Waals surface area contributed by atoms with Crippen LogP contribution in [-0.4, -0.2) is 15.8 Å². The van der Waals surface area contributed by atoms with Crippen LogP contribution in [0.4, 0.5) is 10.5 Å². The Kier molecular flexibility index (Phi) is 4.48. The Labute approximate surface area is 139 Å². The Bertz CT molecular complexity index is 838. The molecule has 0 aliphatic rings. The number of carbonyl (C=O) groups excluding carboxylic acids is 1. The number of hydrogen-bond acceptors (Lipinski definition) is 2. The lowest BCUT2D eigenvalue weighted by Crippen LogP contribution is -2.29. The molecule has 0 bridgehead atoms. The summed E-state index contributed by atoms with van der Waals surface area (Å²) in [6.07, 6.45) is 1.59. The smallest absolute Gasteiger partial charge is 0.319 e. The number of aromatic nitrogens is 2. The average molecular weight is 329 g/mol. The summed E-state index contributed by atoms with van der Waals surface area (Å²) in [4.78, 5) is 12.2. The first kappa shape index (κ1) is 15.4. The summed E-state index contributed by atoms with van der Waals surface area (Å²) in [6.45, 7) is 3.00. The lowest BCUT2D eigenvalue weighted by Gasteiger charge is -2.11. The van der Waals surface area contributed by atoms with Gasteiger partial charge in [-0.2, -0.15) is 5.10 Å². The minimum atomic E-state index is -0.277. The Morgan fingerprint density at radius 2 is 2.00 bits per heavy atom. The molecule has 0 radical (unpaired) electrons. The SMILES string of the molecule is CCn1ncc(Cl)c1CNC(=O)Nc1cccc2ccccc12. The van der Waals surface area contributed by atoms with Gasteiger partial charge in [0.05, 0.1) is 29.1 Å². The number of amides is 2. The molecule has 0 unspecified atom stereocenters. The van der Waals surface area contributed by atoms with Crippen molar-refractivity contribution in [3.05, 3.63) is 59.4 Å². The molecule has 0 atom stereocenters. The summed E-state index contributed by atoms with van der Waals surface area (Å²) < 4.78 is 1.76. The molecule has 5 nitrogen and oxygen atoms in total. The number of anilines is 1. The highest BCUT2D eigenvalue weighted by Gasteiger charge is 2.10. The predicted octanol–water partition coefficient (Wildman–Crippen LogP) is 4.03. The summed E-state index contributed by atoms with van der Waals surface area (Å²) in [6, 6.07) is 13.4. The summed E-state index contributed by atoms with van der Waals surface area (Å²) in [5, 5.41) is 12.5. The number of aryl methyl sites for hydroxylation is 1. The number of nitrogens with zero attached hydrogens (tertiary/aromatic N) is 2. The third-order valence-electron chi connectivity index (χ3n) is 3.65. The van der Waals surface area contributed by atoms with Gasteiger partial charge in [-0.1, -0.05) is 48.0 Å². The number of carbonyl (C=O) groups is 1. The van der Waals surface area contributed by atoms with Crippen LogP contribution in [0.3, 0.4) is 0 Å². The summed E-state index contributed by atoms with van der Waals surface area (Å²) in [5.74, 6) is 0. The number of nitrogens with one attached hydrogen (secondary N) is 2. The van der Waals surface area contributed by atoms with Crippen molar-refractivity contribution < 1.29 is 4.79 Å². The second-order valence-corrected chi connectivity index (χ2v) is 5.50. The summed E-state index contributed by atoms with van der Waals surface area (Å²) in [7, 11) is 0. The van der Waals surface area contributed by atoms with Crippen LogP contribution in [0.25, 0.3) is 10.8 Å². The molecule has 2 N–H and O–H groups in total. The van der Waals surface area contributed by atoms with Gasteiger partial charge in [0, 0.05) is 11.9 Å². The highest BCUT2D eigenvalue weighted by Crippen LogP contribution is 2.22. The minimum Gasteiger partial charge on any atom is -0.332 e. The first-order chi connectivity index (χ1) is 11.2. The van der Waals surface area contributed by atoms with E-state index >= 15 is 0 Å². The number of fused-ring (bicyclic) bond motifs is 1. The maximum Gasteiger partial charge on any atom is 0.319 e. The molecule has 23 heavy (non-hydrogen) atoms. The number of urea groups is 1. The van der Waals surface area contributed by atoms with E-state index in [1.807, 2.05) is 49.4 Å². The van der Waals surface area contributed by atoms with Gasteiger partial charge in [0.1, 0.15) is 0 Å². The first-order valence-corrected chi connectivity index (χ1v) is 7.79. The van der Waals surface area contributed by atoms with Gasteiger partial charge in [-0.25, -0.2) is 4.79 Å². The van der Waals surface area contributed by atoms with Crippen LogP contribution >= 0.6 is 11.6 Å². The van der Waals surface area contributed by atoms with E-state index in [-0.39, 0.29) is 6.03 Å². The van der Waals surface area contributed by atoms with Crippen LogP contribution in [0.5, 0.6) is 0 Å². The van der Waals surface area contributed by atoms with Crippen molar-refractivity contribution in [2.24, 2.45) is 0 Å². The van der Waals surface area contributed by atoms with E-state index in [9.17, 15) is 4.79 Å². The highest BCUT2D eigenvalue weighted by atomic mass is 35.5. The first-order valence-electron chi connectivity index (χ1n) is 7.42. The Morgan fingerprint density at radius 3 is 2.83 bits per heavy atom. The zero-order valence-corrected chi connectivity index (χ0v) is 13.5. The van der Waals surface area contributed by atoms with Gasteiger partial charge in [0.25, 0.3) is 0 Å². The number of benzene rings is 2. The average Bonchev–Trinajstić information content (AvgIpc) is 2.93. The third-order valence-corrected chi connectivity index (χ3v) is 3.97. The molecule has 1 heterocycles. The molecule has 118 valence electrons. The molecule has 6 heteroatoms. The van der Waals surface area contributed by atoms with E-state index < -0.39 is 0 Å². The van der Waals surface area contributed by atoms with Crippen molar-refractivity contribution in [3.8, 4) is 0 Å². The predicted molar refractivity (Wildman–Crippen MR) is 92.7 cm³/mol. The Hall–Kier alpha value is -2.53. The molecule has 0 saturated heterocycles. The fourth-order valence-corrected chi connectivity index (χ4v) is 2.71. The zero-order valence-electron chi connectivity index (χ0n) is 12.7. The van der Waals surface area contributed by atoms with Crippen molar-refractivity contribution in [2.75, 3.05) is 5.32 Å². The molecular weight excluding hydrogens is 312 g/mol. The van der Waals surface area contributed by atoms with Crippen LogP contribution < -0.4 is 10.6 Å². The second kappa shape index (κ2) is 6.71. The molecule has 0 spiro atoms. The molecule has 3 aromatic rings.